The maximum Gasteiger partial charge on any atom is 0.0689 e. The van der Waals surface area contributed by atoms with Gasteiger partial charge in [-0.1, -0.05) is 40.0 Å². The summed E-state index contributed by atoms with van der Waals surface area (Å²) >= 11 is 0. The standard InChI is InChI=1S/C13H22N2/c1-4-6-10-13(3,9-5-2)12-8-7-11-14-15-12/h7-8,11H,4-6,9-10H2,1-3H3. The molecule has 0 fully saturated rings. The lowest BCUT2D eigenvalue weighted by atomic mass is 9.78. The zero-order chi connectivity index (χ0) is 11.1. The highest BCUT2D eigenvalue weighted by molar-refractivity contribution is 5.13. The van der Waals surface area contributed by atoms with Crippen molar-refractivity contribution in [2.45, 2.75) is 58.3 Å². The van der Waals surface area contributed by atoms with Crippen LogP contribution in [0.25, 0.3) is 0 Å². The van der Waals surface area contributed by atoms with Gasteiger partial charge in [-0.15, -0.1) is 0 Å². The van der Waals surface area contributed by atoms with Gasteiger partial charge in [0.05, 0.1) is 5.69 Å². The van der Waals surface area contributed by atoms with E-state index in [2.05, 4.69) is 37.0 Å². The van der Waals surface area contributed by atoms with Crippen molar-refractivity contribution in [2.24, 2.45) is 0 Å². The molecule has 0 saturated carbocycles. The van der Waals surface area contributed by atoms with Crippen LogP contribution >= 0.6 is 0 Å². The zero-order valence-electron chi connectivity index (χ0n) is 10.2. The Morgan fingerprint density at radius 3 is 2.53 bits per heavy atom. The van der Waals surface area contributed by atoms with Crippen LogP contribution < -0.4 is 0 Å². The summed E-state index contributed by atoms with van der Waals surface area (Å²) in [4.78, 5) is 0. The van der Waals surface area contributed by atoms with Crippen LogP contribution in [0, 0.1) is 0 Å². The van der Waals surface area contributed by atoms with E-state index in [1.165, 1.54) is 32.1 Å². The van der Waals surface area contributed by atoms with Gasteiger partial charge in [0, 0.05) is 11.6 Å². The molecule has 0 spiro atoms. The minimum absolute atomic E-state index is 0.221. The maximum absolute atomic E-state index is 4.27. The van der Waals surface area contributed by atoms with Crippen molar-refractivity contribution in [3.63, 3.8) is 0 Å². The first-order chi connectivity index (χ1) is 7.23. The molecule has 15 heavy (non-hydrogen) atoms. The van der Waals surface area contributed by atoms with E-state index in [1.54, 1.807) is 6.20 Å². The van der Waals surface area contributed by atoms with Crippen molar-refractivity contribution >= 4 is 0 Å². The van der Waals surface area contributed by atoms with Crippen LogP contribution in [0.15, 0.2) is 18.3 Å². The molecule has 1 rings (SSSR count). The molecule has 0 N–H and O–H groups in total. The molecule has 0 saturated heterocycles. The summed E-state index contributed by atoms with van der Waals surface area (Å²) in [6, 6.07) is 4.10. The number of hydrogen-bond donors (Lipinski definition) is 0. The minimum Gasteiger partial charge on any atom is -0.159 e. The van der Waals surface area contributed by atoms with Crippen molar-refractivity contribution < 1.29 is 0 Å². The first kappa shape index (κ1) is 12.2. The number of aromatic nitrogens is 2. The Bertz CT molecular complexity index is 271. The van der Waals surface area contributed by atoms with E-state index >= 15 is 0 Å². The molecule has 2 heteroatoms. The molecule has 0 radical (unpaired) electrons. The summed E-state index contributed by atoms with van der Waals surface area (Å²) < 4.78 is 0. The van der Waals surface area contributed by atoms with Gasteiger partial charge in [-0.2, -0.15) is 10.2 Å². The van der Waals surface area contributed by atoms with Gasteiger partial charge < -0.3 is 0 Å². The SMILES string of the molecule is CCCCC(C)(CCC)c1cccnn1. The van der Waals surface area contributed by atoms with E-state index < -0.39 is 0 Å². The third-order valence-electron chi connectivity index (χ3n) is 3.07. The zero-order valence-corrected chi connectivity index (χ0v) is 10.2. The summed E-state index contributed by atoms with van der Waals surface area (Å²) in [5.41, 5.74) is 1.37. The Balaban J connectivity index is 2.80. The van der Waals surface area contributed by atoms with Gasteiger partial charge in [-0.3, -0.25) is 0 Å². The van der Waals surface area contributed by atoms with Crippen molar-refractivity contribution in [2.75, 3.05) is 0 Å². The van der Waals surface area contributed by atoms with E-state index in [-0.39, 0.29) is 5.41 Å². The molecular weight excluding hydrogens is 184 g/mol. The first-order valence-corrected chi connectivity index (χ1v) is 6.01. The third-order valence-corrected chi connectivity index (χ3v) is 3.07. The molecule has 1 atom stereocenters. The van der Waals surface area contributed by atoms with Crippen LogP contribution in [-0.4, -0.2) is 10.2 Å². The van der Waals surface area contributed by atoms with Gasteiger partial charge in [-0.25, -0.2) is 0 Å². The Morgan fingerprint density at radius 1 is 1.20 bits per heavy atom. The van der Waals surface area contributed by atoms with Crippen molar-refractivity contribution in [1.82, 2.24) is 10.2 Å². The summed E-state index contributed by atoms with van der Waals surface area (Å²) in [5.74, 6) is 0. The van der Waals surface area contributed by atoms with E-state index in [4.69, 9.17) is 0 Å². The Kier molecular flexibility index (Phi) is 4.73. The minimum atomic E-state index is 0.221. The number of nitrogens with zero attached hydrogens (tertiary/aromatic N) is 2. The fourth-order valence-electron chi connectivity index (χ4n) is 2.12. The van der Waals surface area contributed by atoms with Crippen LogP contribution in [0.3, 0.4) is 0 Å². The average Bonchev–Trinajstić information content (AvgIpc) is 2.28. The van der Waals surface area contributed by atoms with Gasteiger partial charge in [0.25, 0.3) is 0 Å². The second kappa shape index (κ2) is 5.84. The van der Waals surface area contributed by atoms with Crippen LogP contribution in [0.5, 0.6) is 0 Å². The summed E-state index contributed by atoms with van der Waals surface area (Å²) in [6.45, 7) is 6.79. The van der Waals surface area contributed by atoms with Gasteiger partial charge >= 0.3 is 0 Å². The fraction of sp³-hybridized carbons (Fsp3) is 0.692. The number of unbranched alkanes of at least 4 members (excludes halogenated alkanes) is 1. The fourth-order valence-corrected chi connectivity index (χ4v) is 2.12. The van der Waals surface area contributed by atoms with Crippen molar-refractivity contribution in [1.29, 1.82) is 0 Å². The van der Waals surface area contributed by atoms with Crippen LogP contribution in [0.2, 0.25) is 0 Å². The van der Waals surface area contributed by atoms with Crippen molar-refractivity contribution in [3.05, 3.63) is 24.0 Å². The van der Waals surface area contributed by atoms with Gasteiger partial charge in [0.2, 0.25) is 0 Å². The highest BCUT2D eigenvalue weighted by atomic mass is 15.1. The molecule has 1 heterocycles. The average molecular weight is 206 g/mol. The molecule has 0 amide bonds. The molecule has 1 aromatic heterocycles. The van der Waals surface area contributed by atoms with Crippen LogP contribution in [0.1, 0.15) is 58.6 Å². The lowest BCUT2D eigenvalue weighted by molar-refractivity contribution is 0.369. The Labute approximate surface area is 93.1 Å². The lowest BCUT2D eigenvalue weighted by Gasteiger charge is -2.28. The molecular formula is C13H22N2. The molecule has 0 bridgehead atoms. The lowest BCUT2D eigenvalue weighted by Crippen LogP contribution is -2.23. The van der Waals surface area contributed by atoms with E-state index in [9.17, 15) is 0 Å². The highest BCUT2D eigenvalue weighted by Gasteiger charge is 2.26. The quantitative estimate of drug-likeness (QED) is 0.709. The predicted octanol–water partition coefficient (Wildman–Crippen LogP) is 3.72. The first-order valence-electron chi connectivity index (χ1n) is 6.01. The normalized spacial score (nSPS) is 14.9. The molecule has 1 aromatic rings. The number of rotatable bonds is 6. The summed E-state index contributed by atoms with van der Waals surface area (Å²) in [6.07, 6.45) is 7.89. The second-order valence-corrected chi connectivity index (χ2v) is 4.52. The predicted molar refractivity (Wildman–Crippen MR) is 63.8 cm³/mol. The molecule has 1 unspecified atom stereocenters. The second-order valence-electron chi connectivity index (χ2n) is 4.52. The maximum atomic E-state index is 4.27. The van der Waals surface area contributed by atoms with Gasteiger partial charge in [0.1, 0.15) is 0 Å². The van der Waals surface area contributed by atoms with Crippen molar-refractivity contribution in [3.8, 4) is 0 Å². The smallest absolute Gasteiger partial charge is 0.0689 e. The molecule has 84 valence electrons. The largest absolute Gasteiger partial charge is 0.159 e. The monoisotopic (exact) mass is 206 g/mol. The highest BCUT2D eigenvalue weighted by Crippen LogP contribution is 2.32. The molecule has 0 aromatic carbocycles. The topological polar surface area (TPSA) is 25.8 Å². The van der Waals surface area contributed by atoms with E-state index in [0.29, 0.717) is 0 Å². The molecule has 0 aliphatic rings. The molecule has 0 aliphatic carbocycles. The number of hydrogen-bond acceptors (Lipinski definition) is 2. The summed E-state index contributed by atoms with van der Waals surface area (Å²) in [5, 5.41) is 8.26. The van der Waals surface area contributed by atoms with E-state index in [1.807, 2.05) is 6.07 Å². The van der Waals surface area contributed by atoms with Crippen LogP contribution in [0.4, 0.5) is 0 Å². The third kappa shape index (κ3) is 3.29. The Hall–Kier alpha value is -0.920. The Morgan fingerprint density at radius 2 is 2.00 bits per heavy atom. The summed E-state index contributed by atoms with van der Waals surface area (Å²) in [7, 11) is 0. The van der Waals surface area contributed by atoms with Gasteiger partial charge in [0.15, 0.2) is 0 Å². The molecule has 2 nitrogen and oxygen atoms in total. The van der Waals surface area contributed by atoms with Crippen LogP contribution in [-0.2, 0) is 5.41 Å². The van der Waals surface area contributed by atoms with E-state index in [0.717, 1.165) is 5.69 Å². The molecule has 0 aliphatic heterocycles. The van der Waals surface area contributed by atoms with Gasteiger partial charge in [-0.05, 0) is 25.0 Å².